The molecule has 3 N–H and O–H groups in total. The molecule has 3 spiro atoms. The van der Waals surface area contributed by atoms with E-state index in [4.69, 9.17) is 71.1 Å². The lowest BCUT2D eigenvalue weighted by Gasteiger charge is -2.50. The van der Waals surface area contributed by atoms with Crippen LogP contribution >= 0.6 is 0 Å². The first-order chi connectivity index (χ1) is 38.0. The highest BCUT2D eigenvalue weighted by Crippen LogP contribution is 2.58. The third-order valence-corrected chi connectivity index (χ3v) is 21.9. The molecule has 440 valence electrons. The SMILES string of the molecule is C=C1C[C@@H]2CC[C@@]34C[C@@H]5O[C@@H]6[C@@H](O[C@H]7CC[C@H](CC(=O)O[C@@H]8[C@@H](C)[C@@H]9O[C@@H]%10C[C@]%11(C[C@@H]%12O[C@]%13(C[C@H](C)[C@@H]%14O[C@H](C(O)CC(O)CO)C[C@@H]%14O%13)C[C@H](C)[C@@H]%12O%11)O[C@@H]%10C[C@@H]9O[C@H]8C[C@H]8O[C@@H](CC[C@@H]1O2)C[C@@H](C)C8=C)O[C@@H]7[C@@H]6O3)[C@H]5O4. The zero-order chi connectivity index (χ0) is 54.0. The lowest BCUT2D eigenvalue weighted by molar-refractivity contribution is -0.347. The Labute approximate surface area is 463 Å². The third-order valence-electron chi connectivity index (χ3n) is 21.9. The maximum Gasteiger partial charge on any atom is 0.308 e. The van der Waals surface area contributed by atoms with Gasteiger partial charge < -0.3 is 86.4 Å². The van der Waals surface area contributed by atoms with Gasteiger partial charge in [0.2, 0.25) is 0 Å². The summed E-state index contributed by atoms with van der Waals surface area (Å²) in [6, 6.07) is 0. The second-order valence-electron chi connectivity index (χ2n) is 27.5. The van der Waals surface area contributed by atoms with Crippen LogP contribution in [0.15, 0.2) is 24.3 Å². The van der Waals surface area contributed by atoms with Crippen LogP contribution < -0.4 is 0 Å². The lowest BCUT2D eigenvalue weighted by atomic mass is 9.79. The molecule has 16 aliphatic rings. The third kappa shape index (κ3) is 9.43. The Morgan fingerprint density at radius 2 is 1.18 bits per heavy atom. The molecule has 0 amide bonds. The molecule has 79 heavy (non-hydrogen) atoms. The molecule has 0 aromatic rings. The van der Waals surface area contributed by atoms with Crippen molar-refractivity contribution < 1.29 is 91.2 Å². The summed E-state index contributed by atoms with van der Waals surface area (Å²) < 4.78 is 104. The van der Waals surface area contributed by atoms with E-state index in [1.165, 1.54) is 0 Å². The summed E-state index contributed by atoms with van der Waals surface area (Å²) in [6.45, 7) is 17.4. The maximum absolute atomic E-state index is 14.6. The Bertz CT molecular complexity index is 2340. The highest BCUT2D eigenvalue weighted by atomic mass is 16.8. The average molecular weight is 1110 g/mol. The monoisotopic (exact) mass is 1110 g/mol. The van der Waals surface area contributed by atoms with Gasteiger partial charge in [0.15, 0.2) is 17.4 Å². The van der Waals surface area contributed by atoms with Crippen LogP contribution in [0.5, 0.6) is 0 Å². The van der Waals surface area contributed by atoms with Crippen molar-refractivity contribution in [1.29, 1.82) is 0 Å². The largest absolute Gasteiger partial charge is 0.459 e. The molecule has 16 saturated heterocycles. The van der Waals surface area contributed by atoms with Crippen LogP contribution in [0.25, 0.3) is 0 Å². The van der Waals surface area contributed by atoms with Crippen molar-refractivity contribution in [2.45, 2.75) is 313 Å². The summed E-state index contributed by atoms with van der Waals surface area (Å²) in [4.78, 5) is 14.6. The van der Waals surface area contributed by atoms with Crippen molar-refractivity contribution in [3.63, 3.8) is 0 Å². The first-order valence-corrected chi connectivity index (χ1v) is 30.8. The van der Waals surface area contributed by atoms with Gasteiger partial charge in [-0.25, -0.2) is 0 Å². The predicted molar refractivity (Wildman–Crippen MR) is 274 cm³/mol. The van der Waals surface area contributed by atoms with Crippen LogP contribution in [-0.2, 0) is 75.8 Å². The Hall–Kier alpha value is -1.73. The van der Waals surface area contributed by atoms with Crippen LogP contribution in [-0.4, -0.2) is 198 Å². The average Bonchev–Trinajstić information content (AvgIpc) is 4.46. The molecule has 0 radical (unpaired) electrons. The summed E-state index contributed by atoms with van der Waals surface area (Å²) >= 11 is 0. The highest BCUT2D eigenvalue weighted by molar-refractivity contribution is 5.70. The molecule has 32 atom stereocenters. The molecule has 12 bridgehead atoms. The molecule has 16 heterocycles. The summed E-state index contributed by atoms with van der Waals surface area (Å²) in [6.07, 6.45) is 2.17. The van der Waals surface area contributed by atoms with Gasteiger partial charge in [-0.15, -0.1) is 0 Å². The number of hydrogen-bond acceptors (Lipinski definition) is 19. The molecule has 0 aliphatic carbocycles. The number of aliphatic hydroxyl groups is 3. The van der Waals surface area contributed by atoms with E-state index in [0.29, 0.717) is 64.2 Å². The van der Waals surface area contributed by atoms with Crippen LogP contribution in [0.3, 0.4) is 0 Å². The van der Waals surface area contributed by atoms with Crippen LogP contribution in [0, 0.1) is 23.7 Å². The number of esters is 1. The Balaban J connectivity index is 0.655. The fourth-order valence-electron chi connectivity index (χ4n) is 18.2. The fourth-order valence-corrected chi connectivity index (χ4v) is 18.2. The van der Waals surface area contributed by atoms with E-state index in [-0.39, 0.29) is 146 Å². The second kappa shape index (κ2) is 20.2. The van der Waals surface area contributed by atoms with Crippen LogP contribution in [0.4, 0.5) is 0 Å². The van der Waals surface area contributed by atoms with Gasteiger partial charge in [0.05, 0.1) is 129 Å². The lowest BCUT2D eigenvalue weighted by Crippen LogP contribution is -2.62. The predicted octanol–water partition coefficient (Wildman–Crippen LogP) is 4.93. The fraction of sp³-hybridized carbons (Fsp3) is 0.917. The van der Waals surface area contributed by atoms with E-state index >= 15 is 0 Å². The molecule has 16 fully saturated rings. The van der Waals surface area contributed by atoms with Crippen molar-refractivity contribution in [2.24, 2.45) is 23.7 Å². The van der Waals surface area contributed by atoms with Gasteiger partial charge in [-0.05, 0) is 73.8 Å². The number of hydrogen-bond donors (Lipinski definition) is 3. The summed E-state index contributed by atoms with van der Waals surface area (Å²) in [5.74, 6) is -2.77. The van der Waals surface area contributed by atoms with E-state index in [2.05, 4.69) is 40.9 Å². The molecule has 0 aromatic carbocycles. The van der Waals surface area contributed by atoms with Gasteiger partial charge in [0.1, 0.15) is 36.6 Å². The number of rotatable bonds is 4. The van der Waals surface area contributed by atoms with Gasteiger partial charge in [0.25, 0.3) is 0 Å². The molecule has 16 rings (SSSR count). The number of carbonyl (C=O) groups excluding carboxylic acids is 1. The number of fused-ring (bicyclic) bond motifs is 10. The zero-order valence-electron chi connectivity index (χ0n) is 46.5. The standard InChI is InChI=1S/C60H86O19/c1-26-13-33-7-9-37-27(2)14-35(65-37)11-12-58-23-46-54(78-58)55-56(72-46)57(79-58)53-38(69-55)10-8-34(67-53)16-48(64)73-52-31(6)51-43(68-42(52)17-39(66-33)30(26)5)19-41-45(71-51)22-60(74-41)24-47-50(77-60)29(4)21-59(76-47)20-28(3)49-44(75-59)18-40(70-49)36(63)15-32(62)25-61/h26,28-29,31-47,49-57,61-63H,2,5,7-25H2,1,3-4,6H3/t26-,28+,29+,31+,32?,33+,34-,35+,36?,37+,38+,39-,40+,41-,42+,43+,44+,45-,46+,47+,49+,50+,51+,52-,53+,54+,55+,56-,57+,58+,59-,60+/m1/s1. The van der Waals surface area contributed by atoms with Crippen molar-refractivity contribution in [3.05, 3.63) is 24.3 Å². The maximum atomic E-state index is 14.6. The van der Waals surface area contributed by atoms with Crippen molar-refractivity contribution >= 4 is 5.97 Å². The van der Waals surface area contributed by atoms with Crippen LogP contribution in [0.1, 0.15) is 143 Å². The summed E-state index contributed by atoms with van der Waals surface area (Å²) in [5, 5.41) is 30.3. The Morgan fingerprint density at radius 1 is 0.506 bits per heavy atom. The molecule has 0 saturated carbocycles. The summed E-state index contributed by atoms with van der Waals surface area (Å²) in [7, 11) is 0. The molecule has 0 aromatic heterocycles. The normalized spacial score (nSPS) is 57.2. The number of carbonyl (C=O) groups is 1. The minimum absolute atomic E-state index is 0.0143. The van der Waals surface area contributed by atoms with Gasteiger partial charge in [0, 0.05) is 70.1 Å². The molecule has 16 aliphatic heterocycles. The first-order valence-electron chi connectivity index (χ1n) is 30.8. The van der Waals surface area contributed by atoms with E-state index in [0.717, 1.165) is 49.7 Å². The highest BCUT2D eigenvalue weighted by Gasteiger charge is 2.70. The van der Waals surface area contributed by atoms with Crippen molar-refractivity contribution in [2.75, 3.05) is 6.61 Å². The molecule has 19 heteroatoms. The minimum Gasteiger partial charge on any atom is -0.459 e. The Morgan fingerprint density at radius 3 is 2.03 bits per heavy atom. The smallest absolute Gasteiger partial charge is 0.308 e. The van der Waals surface area contributed by atoms with E-state index < -0.39 is 72.8 Å². The first kappa shape index (κ1) is 54.0. The molecule has 19 nitrogen and oxygen atoms in total. The number of aliphatic hydroxyl groups excluding tert-OH is 3. The number of ether oxygens (including phenoxy) is 15. The zero-order valence-corrected chi connectivity index (χ0v) is 46.5. The van der Waals surface area contributed by atoms with E-state index in [1.54, 1.807) is 0 Å². The molecular formula is C60H86O19. The van der Waals surface area contributed by atoms with Gasteiger partial charge in [-0.3, -0.25) is 4.79 Å². The Kier molecular flexibility index (Phi) is 13.8. The summed E-state index contributed by atoms with van der Waals surface area (Å²) in [5.41, 5.74) is 2.15. The van der Waals surface area contributed by atoms with Crippen molar-refractivity contribution in [3.8, 4) is 0 Å². The van der Waals surface area contributed by atoms with Gasteiger partial charge in [-0.2, -0.15) is 0 Å². The topological polar surface area (TPSA) is 216 Å². The molecular weight excluding hydrogens is 1020 g/mol. The van der Waals surface area contributed by atoms with Crippen molar-refractivity contribution in [1.82, 2.24) is 0 Å². The molecule has 2 unspecified atom stereocenters. The van der Waals surface area contributed by atoms with E-state index in [9.17, 15) is 20.1 Å². The quantitative estimate of drug-likeness (QED) is 0.251. The minimum atomic E-state index is -1.02. The van der Waals surface area contributed by atoms with Crippen LogP contribution in [0.2, 0.25) is 0 Å². The second-order valence-corrected chi connectivity index (χ2v) is 27.5. The van der Waals surface area contributed by atoms with Gasteiger partial charge in [-0.1, -0.05) is 40.9 Å². The van der Waals surface area contributed by atoms with Gasteiger partial charge >= 0.3 is 5.97 Å². The van der Waals surface area contributed by atoms with E-state index in [1.807, 2.05) is 0 Å².